The highest BCUT2D eigenvalue weighted by atomic mass is 16.5. The molecule has 0 radical (unpaired) electrons. The van der Waals surface area contributed by atoms with E-state index in [1.807, 2.05) is 0 Å². The third-order valence-electron chi connectivity index (χ3n) is 5.74. The van der Waals surface area contributed by atoms with Gasteiger partial charge in [-0.05, 0) is 38.6 Å². The van der Waals surface area contributed by atoms with E-state index in [0.29, 0.717) is 11.5 Å². The Hall–Kier alpha value is -0.0800. The highest BCUT2D eigenvalue weighted by Crippen LogP contribution is 2.54. The summed E-state index contributed by atoms with van der Waals surface area (Å²) < 4.78 is 6.21. The van der Waals surface area contributed by atoms with E-state index >= 15 is 0 Å². The minimum absolute atomic E-state index is 0.522. The van der Waals surface area contributed by atoms with Gasteiger partial charge in [0.1, 0.15) is 0 Å². The first-order chi connectivity index (χ1) is 8.35. The Morgan fingerprint density at radius 1 is 1.18 bits per heavy atom. The molecule has 0 heterocycles. The second kappa shape index (κ2) is 4.89. The third-order valence-corrected chi connectivity index (χ3v) is 5.74. The second-order valence-corrected chi connectivity index (χ2v) is 6.46. The molecule has 98 valence electrons. The third kappa shape index (κ3) is 2.04. The Morgan fingerprint density at radius 3 is 2.53 bits per heavy atom. The number of hydrogen-bond acceptors (Lipinski definition) is 2. The first-order valence-electron chi connectivity index (χ1n) is 7.64. The minimum atomic E-state index is 0.522. The molecule has 3 fully saturated rings. The van der Waals surface area contributed by atoms with Gasteiger partial charge in [-0.3, -0.25) is 0 Å². The lowest BCUT2D eigenvalue weighted by molar-refractivity contribution is -0.134. The van der Waals surface area contributed by atoms with Crippen LogP contribution in [0.25, 0.3) is 0 Å². The van der Waals surface area contributed by atoms with Crippen molar-refractivity contribution >= 4 is 0 Å². The van der Waals surface area contributed by atoms with Crippen LogP contribution in [-0.4, -0.2) is 25.8 Å². The van der Waals surface area contributed by atoms with E-state index in [-0.39, 0.29) is 0 Å². The van der Waals surface area contributed by atoms with Crippen LogP contribution in [0.2, 0.25) is 0 Å². The average Bonchev–Trinajstić information content (AvgIpc) is 2.76. The molecule has 2 heteroatoms. The molecule has 3 rings (SSSR count). The molecule has 3 saturated carbocycles. The molecule has 2 atom stereocenters. The van der Waals surface area contributed by atoms with Crippen molar-refractivity contribution in [3.05, 3.63) is 0 Å². The summed E-state index contributed by atoms with van der Waals surface area (Å²) in [7, 11) is 2.12. The lowest BCUT2D eigenvalue weighted by Gasteiger charge is -2.54. The Kier molecular flexibility index (Phi) is 3.45. The summed E-state index contributed by atoms with van der Waals surface area (Å²) in [5.74, 6) is 0.995. The summed E-state index contributed by atoms with van der Waals surface area (Å²) in [4.78, 5) is 0. The van der Waals surface area contributed by atoms with Gasteiger partial charge in [0, 0.05) is 18.1 Å². The molecular weight excluding hydrogens is 210 g/mol. The van der Waals surface area contributed by atoms with Crippen molar-refractivity contribution in [2.24, 2.45) is 11.3 Å². The van der Waals surface area contributed by atoms with E-state index in [1.54, 1.807) is 0 Å². The predicted octanol–water partition coefficient (Wildman–Crippen LogP) is 3.11. The molecule has 2 nitrogen and oxygen atoms in total. The van der Waals surface area contributed by atoms with Gasteiger partial charge in [-0.2, -0.15) is 0 Å². The smallest absolute Gasteiger partial charge is 0.0661 e. The Morgan fingerprint density at radius 2 is 1.94 bits per heavy atom. The van der Waals surface area contributed by atoms with E-state index in [0.717, 1.165) is 18.6 Å². The van der Waals surface area contributed by atoms with Crippen molar-refractivity contribution in [3.63, 3.8) is 0 Å². The van der Waals surface area contributed by atoms with Crippen molar-refractivity contribution in [2.75, 3.05) is 13.7 Å². The molecule has 0 amide bonds. The molecule has 0 aromatic rings. The quantitative estimate of drug-likeness (QED) is 0.793. The maximum atomic E-state index is 6.21. The van der Waals surface area contributed by atoms with Gasteiger partial charge in [-0.15, -0.1) is 0 Å². The highest BCUT2D eigenvalue weighted by molar-refractivity contribution is 5.09. The van der Waals surface area contributed by atoms with E-state index in [1.165, 1.54) is 57.8 Å². The number of nitrogens with one attached hydrogen (secondary N) is 1. The summed E-state index contributed by atoms with van der Waals surface area (Å²) in [6.45, 7) is 1.02. The Bertz CT molecular complexity index is 256. The van der Waals surface area contributed by atoms with Gasteiger partial charge in [0.25, 0.3) is 0 Å². The van der Waals surface area contributed by atoms with Gasteiger partial charge < -0.3 is 10.1 Å². The van der Waals surface area contributed by atoms with Gasteiger partial charge in [-0.1, -0.05) is 32.1 Å². The second-order valence-electron chi connectivity index (χ2n) is 6.46. The highest BCUT2D eigenvalue weighted by Gasteiger charge is 2.55. The first-order valence-corrected chi connectivity index (χ1v) is 7.64. The monoisotopic (exact) mass is 237 g/mol. The van der Waals surface area contributed by atoms with Gasteiger partial charge >= 0.3 is 0 Å². The molecule has 0 saturated heterocycles. The number of hydrogen-bond donors (Lipinski definition) is 1. The van der Waals surface area contributed by atoms with Crippen LogP contribution in [0, 0.1) is 11.3 Å². The summed E-state index contributed by atoms with van der Waals surface area (Å²) in [5, 5.41) is 3.51. The van der Waals surface area contributed by atoms with Crippen LogP contribution in [0.3, 0.4) is 0 Å². The van der Waals surface area contributed by atoms with Crippen LogP contribution in [0.4, 0.5) is 0 Å². The summed E-state index contributed by atoms with van der Waals surface area (Å²) in [5.41, 5.74) is 0.522. The van der Waals surface area contributed by atoms with E-state index in [4.69, 9.17) is 4.74 Å². The standard InChI is InChI=1S/C15H27NO/c1-16-13-11-14(15(13)8-2-3-9-15)17-10-7-12-5-4-6-12/h12-14,16H,2-11H2,1H3. The van der Waals surface area contributed by atoms with Crippen molar-refractivity contribution in [2.45, 2.75) is 69.9 Å². The zero-order valence-corrected chi connectivity index (χ0v) is 11.2. The lowest BCUT2D eigenvalue weighted by atomic mass is 9.60. The molecule has 0 bridgehead atoms. The van der Waals surface area contributed by atoms with E-state index < -0.39 is 0 Å². The molecule has 3 aliphatic rings. The van der Waals surface area contributed by atoms with E-state index in [9.17, 15) is 0 Å². The van der Waals surface area contributed by atoms with Gasteiger partial charge in [0.15, 0.2) is 0 Å². The first kappa shape index (κ1) is 12.0. The van der Waals surface area contributed by atoms with Crippen LogP contribution in [0.5, 0.6) is 0 Å². The molecule has 0 aromatic carbocycles. The molecule has 2 unspecified atom stereocenters. The molecule has 0 aromatic heterocycles. The summed E-state index contributed by atoms with van der Waals surface area (Å²) in [6.07, 6.45) is 13.1. The fourth-order valence-electron chi connectivity index (χ4n) is 4.25. The van der Waals surface area contributed by atoms with Gasteiger partial charge in [0.2, 0.25) is 0 Å². The maximum Gasteiger partial charge on any atom is 0.0661 e. The molecule has 1 N–H and O–H groups in total. The fourth-order valence-corrected chi connectivity index (χ4v) is 4.25. The van der Waals surface area contributed by atoms with Crippen LogP contribution >= 0.6 is 0 Å². The number of ether oxygens (including phenoxy) is 1. The van der Waals surface area contributed by atoms with Crippen molar-refractivity contribution in [3.8, 4) is 0 Å². The summed E-state index contributed by atoms with van der Waals surface area (Å²) >= 11 is 0. The van der Waals surface area contributed by atoms with Crippen LogP contribution in [-0.2, 0) is 4.74 Å². The largest absolute Gasteiger partial charge is 0.378 e. The van der Waals surface area contributed by atoms with Crippen molar-refractivity contribution in [1.29, 1.82) is 0 Å². The Balaban J connectivity index is 1.46. The van der Waals surface area contributed by atoms with Crippen molar-refractivity contribution < 1.29 is 4.74 Å². The Labute approximate surface area is 105 Å². The van der Waals surface area contributed by atoms with Crippen LogP contribution in [0.15, 0.2) is 0 Å². The minimum Gasteiger partial charge on any atom is -0.378 e. The van der Waals surface area contributed by atoms with Crippen LogP contribution < -0.4 is 5.32 Å². The van der Waals surface area contributed by atoms with Crippen molar-refractivity contribution in [1.82, 2.24) is 5.32 Å². The predicted molar refractivity (Wildman–Crippen MR) is 70.1 cm³/mol. The molecular formula is C15H27NO. The molecule has 3 aliphatic carbocycles. The van der Waals surface area contributed by atoms with Crippen LogP contribution in [0.1, 0.15) is 57.8 Å². The SMILES string of the molecule is CNC1CC(OCCC2CCC2)C12CCCC2. The van der Waals surface area contributed by atoms with Gasteiger partial charge in [-0.25, -0.2) is 0 Å². The molecule has 17 heavy (non-hydrogen) atoms. The topological polar surface area (TPSA) is 21.3 Å². The van der Waals surface area contributed by atoms with E-state index in [2.05, 4.69) is 12.4 Å². The zero-order chi connectivity index (χ0) is 11.7. The fraction of sp³-hybridized carbons (Fsp3) is 1.00. The average molecular weight is 237 g/mol. The molecule has 0 aliphatic heterocycles. The van der Waals surface area contributed by atoms with Gasteiger partial charge in [0.05, 0.1) is 6.10 Å². The summed E-state index contributed by atoms with van der Waals surface area (Å²) in [6, 6.07) is 0.735. The number of rotatable bonds is 5. The lowest BCUT2D eigenvalue weighted by Crippen LogP contribution is -2.62. The normalized spacial score (nSPS) is 35.8. The molecule has 1 spiro atoms. The zero-order valence-electron chi connectivity index (χ0n) is 11.2. The maximum absolute atomic E-state index is 6.21.